The molecule has 0 spiro atoms. The largest absolute Gasteiger partial charge is 0.493 e. The summed E-state index contributed by atoms with van der Waals surface area (Å²) < 4.78 is 17.7. The normalized spacial score (nSPS) is 28.4. The van der Waals surface area contributed by atoms with E-state index in [1.165, 1.54) is 11.0 Å². The van der Waals surface area contributed by atoms with Gasteiger partial charge in [-0.3, -0.25) is 14.6 Å². The fraction of sp³-hybridized carbons (Fsp3) is 0.323. The molecule has 0 aliphatic carbocycles. The van der Waals surface area contributed by atoms with Crippen LogP contribution >= 0.6 is 0 Å². The third kappa shape index (κ3) is 3.49. The minimum Gasteiger partial charge on any atom is -0.493 e. The van der Waals surface area contributed by atoms with Gasteiger partial charge in [0.05, 0.1) is 46.9 Å². The van der Waals surface area contributed by atoms with E-state index in [9.17, 15) is 24.8 Å². The van der Waals surface area contributed by atoms with Crippen LogP contribution in [0.2, 0.25) is 0 Å². The molecule has 10 heteroatoms. The lowest BCUT2D eigenvalue weighted by Gasteiger charge is -2.33. The van der Waals surface area contributed by atoms with Gasteiger partial charge in [0.15, 0.2) is 0 Å². The molecule has 10 nitrogen and oxygen atoms in total. The van der Waals surface area contributed by atoms with Gasteiger partial charge in [-0.05, 0) is 55.8 Å². The van der Waals surface area contributed by atoms with E-state index in [-0.39, 0.29) is 19.4 Å². The summed E-state index contributed by atoms with van der Waals surface area (Å²) in [5.74, 6) is -2.07. The van der Waals surface area contributed by atoms with Gasteiger partial charge in [0, 0.05) is 41.9 Å². The Kier molecular flexibility index (Phi) is 5.39. The monoisotopic (exact) mass is 551 g/mol. The van der Waals surface area contributed by atoms with Crippen LogP contribution in [0.3, 0.4) is 0 Å². The summed E-state index contributed by atoms with van der Waals surface area (Å²) in [5, 5.41) is 21.9. The Labute approximate surface area is 233 Å². The van der Waals surface area contributed by atoms with Gasteiger partial charge < -0.3 is 19.0 Å². The Hall–Kier alpha value is -4.59. The number of benzene rings is 2. The van der Waals surface area contributed by atoms with Crippen molar-refractivity contribution in [2.45, 2.75) is 44.0 Å². The summed E-state index contributed by atoms with van der Waals surface area (Å²) in [6.07, 6.45) is 1.04. The molecule has 3 aliphatic heterocycles. The smallest absolute Gasteiger partial charge is 0.336 e. The van der Waals surface area contributed by atoms with Crippen LogP contribution in [0, 0.1) is 30.1 Å². The molecule has 2 aromatic carbocycles. The zero-order valence-electron chi connectivity index (χ0n) is 22.3. The first-order valence-corrected chi connectivity index (χ1v) is 13.4. The third-order valence-corrected chi connectivity index (χ3v) is 8.94. The van der Waals surface area contributed by atoms with E-state index < -0.39 is 46.6 Å². The molecule has 1 N–H and O–H groups in total. The first kappa shape index (κ1) is 25.4. The Morgan fingerprint density at radius 1 is 1.12 bits per heavy atom. The number of ether oxygens (including phenoxy) is 2. The van der Waals surface area contributed by atoms with E-state index >= 15 is 0 Å². The van der Waals surface area contributed by atoms with Gasteiger partial charge in [0.2, 0.25) is 11.8 Å². The molecule has 4 aromatic rings. The number of carbonyl (C=O) groups excluding carboxylic acids is 2. The number of amides is 2. The molecule has 2 amide bonds. The molecule has 3 aliphatic rings. The Bertz CT molecular complexity index is 1890. The van der Waals surface area contributed by atoms with E-state index in [1.54, 1.807) is 49.5 Å². The van der Waals surface area contributed by atoms with Crippen LogP contribution in [0.4, 0.5) is 5.69 Å². The van der Waals surface area contributed by atoms with E-state index in [0.29, 0.717) is 33.5 Å². The van der Waals surface area contributed by atoms with Crippen LogP contribution < -0.4 is 15.3 Å². The predicted molar refractivity (Wildman–Crippen MR) is 146 cm³/mol. The molecule has 0 unspecified atom stereocenters. The molecule has 206 valence electrons. The van der Waals surface area contributed by atoms with Crippen LogP contribution in [0.25, 0.3) is 21.9 Å². The number of nitrogens with zero attached hydrogens (tertiary/aromatic N) is 3. The molecule has 2 aromatic heterocycles. The van der Waals surface area contributed by atoms with Crippen molar-refractivity contribution in [1.29, 1.82) is 5.26 Å². The maximum atomic E-state index is 14.1. The molecule has 7 rings (SSSR count). The minimum absolute atomic E-state index is 0.138. The van der Waals surface area contributed by atoms with E-state index in [4.69, 9.17) is 13.9 Å². The second-order valence-corrected chi connectivity index (χ2v) is 11.2. The minimum atomic E-state index is -1.24. The first-order chi connectivity index (χ1) is 19.7. The lowest BCUT2D eigenvalue weighted by atomic mass is 9.66. The number of hydrogen-bond acceptors (Lipinski definition) is 9. The highest BCUT2D eigenvalue weighted by Gasteiger charge is 2.77. The number of pyridine rings is 1. The molecule has 2 bridgehead atoms. The van der Waals surface area contributed by atoms with Crippen molar-refractivity contribution in [3.8, 4) is 11.8 Å². The molecule has 0 radical (unpaired) electrons. The van der Waals surface area contributed by atoms with Crippen molar-refractivity contribution in [2.75, 3.05) is 11.5 Å². The van der Waals surface area contributed by atoms with Crippen LogP contribution in [-0.4, -0.2) is 45.8 Å². The second kappa shape index (κ2) is 8.70. The van der Waals surface area contributed by atoms with E-state index in [0.717, 1.165) is 10.9 Å². The van der Waals surface area contributed by atoms with Gasteiger partial charge in [0.1, 0.15) is 23.0 Å². The van der Waals surface area contributed by atoms with Crippen molar-refractivity contribution in [3.63, 3.8) is 0 Å². The Morgan fingerprint density at radius 3 is 2.73 bits per heavy atom. The number of aryl methyl sites for hydroxylation is 1. The number of aliphatic hydroxyl groups excluding tert-OH is 1. The number of carbonyl (C=O) groups is 2. The average molecular weight is 552 g/mol. The maximum Gasteiger partial charge on any atom is 0.336 e. The lowest BCUT2D eigenvalue weighted by molar-refractivity contribution is -0.134. The van der Waals surface area contributed by atoms with Gasteiger partial charge in [0.25, 0.3) is 0 Å². The zero-order valence-corrected chi connectivity index (χ0v) is 22.3. The molecule has 5 heterocycles. The number of aromatic nitrogens is 1. The van der Waals surface area contributed by atoms with Crippen molar-refractivity contribution in [3.05, 3.63) is 76.3 Å². The summed E-state index contributed by atoms with van der Waals surface area (Å²) in [5.41, 5.74) is -0.498. The molecule has 5 atom stereocenters. The summed E-state index contributed by atoms with van der Waals surface area (Å²) in [6.45, 7) is 3.65. The van der Waals surface area contributed by atoms with Crippen molar-refractivity contribution >= 4 is 39.4 Å². The van der Waals surface area contributed by atoms with Crippen molar-refractivity contribution in [2.24, 2.45) is 11.8 Å². The predicted octanol–water partition coefficient (Wildman–Crippen LogP) is 3.39. The lowest BCUT2D eigenvalue weighted by Crippen LogP contribution is -2.49. The number of rotatable bonds is 5. The van der Waals surface area contributed by atoms with Crippen molar-refractivity contribution < 1.29 is 28.6 Å². The number of anilines is 1. The SMILES string of the molecule is Cc1cc(=O)oc2cc(OCC[C@@]34C[C@@H](O)[C@@](C)(O3)[C@H]3C(=O)N(c5ccc(C#N)c6ncccc56)C(=O)[C@H]34)ccc12. The fourth-order valence-corrected chi connectivity index (χ4v) is 7.04. The van der Waals surface area contributed by atoms with Gasteiger partial charge in [-0.1, -0.05) is 0 Å². The number of imide groups is 1. The number of nitriles is 1. The first-order valence-electron chi connectivity index (χ1n) is 13.4. The average Bonchev–Trinajstić information content (AvgIpc) is 3.48. The summed E-state index contributed by atoms with van der Waals surface area (Å²) in [4.78, 5) is 45.3. The molecular weight excluding hydrogens is 526 g/mol. The Morgan fingerprint density at radius 2 is 1.93 bits per heavy atom. The van der Waals surface area contributed by atoms with Gasteiger partial charge in [-0.2, -0.15) is 5.26 Å². The van der Waals surface area contributed by atoms with Gasteiger partial charge in [-0.25, -0.2) is 9.69 Å². The van der Waals surface area contributed by atoms with Gasteiger partial charge in [-0.15, -0.1) is 0 Å². The standard InChI is InChI=1S/C31H25N3O7/c1-16-12-24(36)40-22-13-18(6-7-19(16)22)39-11-9-31-14-23(35)30(2,41-31)25-26(31)29(38)34(28(25)37)21-8-5-17(15-32)27-20(21)4-3-10-33-27/h3-8,10,12-13,23,25-26,35H,9,11,14H2,1-2H3/t23-,25-,26+,30-,31+/m1/s1. The maximum absolute atomic E-state index is 14.1. The number of aliphatic hydroxyl groups is 1. The number of fused-ring (bicyclic) bond motifs is 7. The summed E-state index contributed by atoms with van der Waals surface area (Å²) >= 11 is 0. The highest BCUT2D eigenvalue weighted by Crippen LogP contribution is 2.62. The third-order valence-electron chi connectivity index (χ3n) is 8.94. The molecule has 3 fully saturated rings. The molecular formula is C31H25N3O7. The number of hydrogen-bond donors (Lipinski definition) is 1. The van der Waals surface area contributed by atoms with Crippen LogP contribution in [-0.2, 0) is 14.3 Å². The highest BCUT2D eigenvalue weighted by molar-refractivity contribution is 6.26. The summed E-state index contributed by atoms with van der Waals surface area (Å²) in [6, 6.07) is 15.3. The van der Waals surface area contributed by atoms with Crippen molar-refractivity contribution in [1.82, 2.24) is 4.98 Å². The summed E-state index contributed by atoms with van der Waals surface area (Å²) in [7, 11) is 0. The van der Waals surface area contributed by atoms with Crippen LogP contribution in [0.15, 0.2) is 63.9 Å². The van der Waals surface area contributed by atoms with Crippen LogP contribution in [0.1, 0.15) is 30.9 Å². The van der Waals surface area contributed by atoms with E-state index in [2.05, 4.69) is 11.1 Å². The molecule has 3 saturated heterocycles. The molecule has 41 heavy (non-hydrogen) atoms. The van der Waals surface area contributed by atoms with Crippen LogP contribution in [0.5, 0.6) is 5.75 Å². The van der Waals surface area contributed by atoms with E-state index in [1.807, 2.05) is 13.0 Å². The quantitative estimate of drug-likeness (QED) is 0.292. The second-order valence-electron chi connectivity index (χ2n) is 11.2. The topological polar surface area (TPSA) is 143 Å². The van der Waals surface area contributed by atoms with Gasteiger partial charge >= 0.3 is 5.63 Å². The zero-order chi connectivity index (χ0) is 28.7. The Balaban J connectivity index is 1.20. The molecule has 0 saturated carbocycles. The fourth-order valence-electron chi connectivity index (χ4n) is 7.04. The highest BCUT2D eigenvalue weighted by atomic mass is 16.6.